The Kier molecular flexibility index (Phi) is 6.39. The molecule has 6 nitrogen and oxygen atoms in total. The molecule has 0 bridgehead atoms. The summed E-state index contributed by atoms with van der Waals surface area (Å²) in [6.07, 6.45) is 8.73. The van der Waals surface area contributed by atoms with Gasteiger partial charge in [-0.1, -0.05) is 17.7 Å². The molecule has 3 unspecified atom stereocenters. The Hall–Kier alpha value is -2.99. The molecule has 2 aliphatic heterocycles. The maximum Gasteiger partial charge on any atom is 0.337 e. The van der Waals surface area contributed by atoms with Gasteiger partial charge in [0.15, 0.2) is 5.78 Å². The van der Waals surface area contributed by atoms with Gasteiger partial charge in [0.25, 0.3) is 0 Å². The van der Waals surface area contributed by atoms with E-state index in [0.29, 0.717) is 30.4 Å². The first-order valence-corrected chi connectivity index (χ1v) is 13.6. The summed E-state index contributed by atoms with van der Waals surface area (Å²) in [7, 11) is 1.40. The highest BCUT2D eigenvalue weighted by atomic mass is 35.5. The molecule has 1 spiro atoms. The maximum atomic E-state index is 12.4. The van der Waals surface area contributed by atoms with E-state index in [-0.39, 0.29) is 23.3 Å². The van der Waals surface area contributed by atoms with Crippen LogP contribution < -0.4 is 9.64 Å². The van der Waals surface area contributed by atoms with Crippen LogP contribution in [0.4, 0.5) is 5.69 Å². The van der Waals surface area contributed by atoms with Crippen LogP contribution in [-0.4, -0.2) is 44.7 Å². The Bertz CT molecular complexity index is 1260. The molecule has 2 aliphatic carbocycles. The third kappa shape index (κ3) is 4.50. The highest BCUT2D eigenvalue weighted by Crippen LogP contribution is 2.47. The van der Waals surface area contributed by atoms with Crippen LogP contribution in [0.2, 0.25) is 5.02 Å². The summed E-state index contributed by atoms with van der Waals surface area (Å²) in [5, 5.41) is 0.765. The van der Waals surface area contributed by atoms with Crippen molar-refractivity contribution in [3.05, 3.63) is 70.4 Å². The standard InChI is InChI=1S/C30H32ClNO5/c1-35-29(34)20-5-9-27-26(14-20)32(16-21-4-7-24(21)28-15-23(33)10-12-36-28)17-30(18-37-27)11-2-3-19-13-22(31)6-8-25(19)30/h5-6,8-10,12-14,21,24,28H,2-4,7,11,15-18H2,1H3/t21?,24?,28-,30?/m0/s1. The van der Waals surface area contributed by atoms with Gasteiger partial charge >= 0.3 is 5.97 Å². The molecule has 0 N–H and O–H groups in total. The zero-order valence-corrected chi connectivity index (χ0v) is 21.8. The van der Waals surface area contributed by atoms with E-state index in [1.807, 2.05) is 18.2 Å². The van der Waals surface area contributed by atoms with Gasteiger partial charge in [-0.25, -0.2) is 4.79 Å². The average molecular weight is 522 g/mol. The van der Waals surface area contributed by atoms with Gasteiger partial charge in [0.2, 0.25) is 0 Å². The molecule has 0 saturated heterocycles. The van der Waals surface area contributed by atoms with Crippen molar-refractivity contribution in [2.45, 2.75) is 50.0 Å². The highest BCUT2D eigenvalue weighted by Gasteiger charge is 2.45. The fourth-order valence-electron chi connectivity index (χ4n) is 6.74. The third-order valence-corrected chi connectivity index (χ3v) is 9.01. The number of hydrogen-bond donors (Lipinski definition) is 0. The minimum absolute atomic E-state index is 0.0631. The minimum Gasteiger partial charge on any atom is -0.497 e. The molecular weight excluding hydrogens is 490 g/mol. The van der Waals surface area contributed by atoms with Crippen molar-refractivity contribution in [2.24, 2.45) is 11.8 Å². The number of esters is 1. The number of carbonyl (C=O) groups excluding carboxylic acids is 2. The lowest BCUT2D eigenvalue weighted by Gasteiger charge is -2.46. The Morgan fingerprint density at radius 2 is 2.11 bits per heavy atom. The maximum absolute atomic E-state index is 12.4. The predicted octanol–water partition coefficient (Wildman–Crippen LogP) is 5.50. The van der Waals surface area contributed by atoms with E-state index in [4.69, 9.17) is 25.8 Å². The van der Waals surface area contributed by atoms with Gasteiger partial charge in [0, 0.05) is 41.9 Å². The number of ketones is 1. The van der Waals surface area contributed by atoms with E-state index in [2.05, 4.69) is 17.0 Å². The van der Waals surface area contributed by atoms with Crippen LogP contribution in [0.15, 0.2) is 48.7 Å². The Morgan fingerprint density at radius 3 is 2.89 bits per heavy atom. The van der Waals surface area contributed by atoms with E-state index in [0.717, 1.165) is 61.7 Å². The summed E-state index contributed by atoms with van der Waals surface area (Å²) < 4.78 is 17.4. The molecule has 0 aromatic heterocycles. The van der Waals surface area contributed by atoms with Crippen molar-refractivity contribution in [1.82, 2.24) is 0 Å². The number of rotatable bonds is 4. The largest absolute Gasteiger partial charge is 0.497 e. The molecule has 2 aromatic carbocycles. The molecule has 2 aromatic rings. The van der Waals surface area contributed by atoms with Crippen LogP contribution in [0, 0.1) is 11.8 Å². The summed E-state index contributed by atoms with van der Waals surface area (Å²) in [5.74, 6) is 1.28. The molecule has 4 aliphatic rings. The normalized spacial score (nSPS) is 28.3. The first kappa shape index (κ1) is 24.4. The van der Waals surface area contributed by atoms with Crippen molar-refractivity contribution in [1.29, 1.82) is 0 Å². The number of ether oxygens (including phenoxy) is 3. The summed E-state index contributed by atoms with van der Waals surface area (Å²) in [4.78, 5) is 26.9. The molecule has 1 saturated carbocycles. The van der Waals surface area contributed by atoms with Crippen LogP contribution in [0.25, 0.3) is 0 Å². The lowest BCUT2D eigenvalue weighted by Crippen LogP contribution is -2.50. The molecule has 0 amide bonds. The van der Waals surface area contributed by atoms with Gasteiger partial charge in [0.1, 0.15) is 11.9 Å². The fourth-order valence-corrected chi connectivity index (χ4v) is 6.93. The first-order chi connectivity index (χ1) is 18.0. The van der Waals surface area contributed by atoms with Crippen molar-refractivity contribution in [3.63, 3.8) is 0 Å². The summed E-state index contributed by atoms with van der Waals surface area (Å²) in [6, 6.07) is 11.8. The molecule has 7 heteroatoms. The SMILES string of the molecule is COC(=O)c1ccc2c(c1)N(CC1CCC1[C@@H]1CC(=O)C=CO1)CC1(CCCc3cc(Cl)ccc31)CO2. The zero-order chi connectivity index (χ0) is 25.6. The van der Waals surface area contributed by atoms with Crippen molar-refractivity contribution < 1.29 is 23.8 Å². The van der Waals surface area contributed by atoms with Crippen LogP contribution in [0.1, 0.15) is 53.6 Å². The van der Waals surface area contributed by atoms with Gasteiger partial charge in [-0.2, -0.15) is 0 Å². The second-order valence-corrected chi connectivity index (χ2v) is 11.4. The van der Waals surface area contributed by atoms with Gasteiger partial charge < -0.3 is 19.1 Å². The number of nitrogens with zero attached hydrogens (tertiary/aromatic N) is 1. The quantitative estimate of drug-likeness (QED) is 0.495. The van der Waals surface area contributed by atoms with Crippen LogP contribution in [0.5, 0.6) is 5.75 Å². The Balaban J connectivity index is 1.36. The molecule has 1 fully saturated rings. The van der Waals surface area contributed by atoms with E-state index < -0.39 is 0 Å². The third-order valence-electron chi connectivity index (χ3n) is 8.78. The zero-order valence-electron chi connectivity index (χ0n) is 21.1. The first-order valence-electron chi connectivity index (χ1n) is 13.2. The van der Waals surface area contributed by atoms with Crippen LogP contribution in [0.3, 0.4) is 0 Å². The van der Waals surface area contributed by atoms with Gasteiger partial charge in [-0.15, -0.1) is 0 Å². The summed E-state index contributed by atoms with van der Waals surface area (Å²) in [6.45, 7) is 2.17. The number of hydrogen-bond acceptors (Lipinski definition) is 6. The predicted molar refractivity (Wildman–Crippen MR) is 141 cm³/mol. The monoisotopic (exact) mass is 521 g/mol. The van der Waals surface area contributed by atoms with Crippen LogP contribution >= 0.6 is 11.6 Å². The topological polar surface area (TPSA) is 65.1 Å². The van der Waals surface area contributed by atoms with E-state index in [1.54, 1.807) is 12.3 Å². The van der Waals surface area contributed by atoms with Crippen molar-refractivity contribution in [3.8, 4) is 5.75 Å². The molecule has 4 atom stereocenters. The number of halogens is 1. The number of fused-ring (bicyclic) bond motifs is 3. The number of carbonyl (C=O) groups is 2. The number of methoxy groups -OCH3 is 1. The smallest absolute Gasteiger partial charge is 0.337 e. The number of benzene rings is 2. The summed E-state index contributed by atoms with van der Waals surface area (Å²) in [5.41, 5.74) is 3.86. The molecule has 0 radical (unpaired) electrons. The lowest BCUT2D eigenvalue weighted by molar-refractivity contribution is -0.120. The molecule has 194 valence electrons. The fraction of sp³-hybridized carbons (Fsp3) is 0.467. The second kappa shape index (κ2) is 9.71. The number of aryl methyl sites for hydroxylation is 1. The van der Waals surface area contributed by atoms with Gasteiger partial charge in [-0.3, -0.25) is 4.79 Å². The average Bonchev–Trinajstić information content (AvgIpc) is 3.03. The number of allylic oxidation sites excluding steroid dienone is 1. The van der Waals surface area contributed by atoms with Crippen molar-refractivity contribution in [2.75, 3.05) is 31.7 Å². The van der Waals surface area contributed by atoms with Gasteiger partial charge in [0.05, 0.1) is 31.2 Å². The molecule has 6 rings (SSSR count). The van der Waals surface area contributed by atoms with Crippen LogP contribution in [-0.2, 0) is 26.1 Å². The minimum atomic E-state index is -0.359. The van der Waals surface area contributed by atoms with E-state index in [9.17, 15) is 9.59 Å². The van der Waals surface area contributed by atoms with Crippen molar-refractivity contribution >= 4 is 29.0 Å². The summed E-state index contributed by atoms with van der Waals surface area (Å²) >= 11 is 6.37. The Labute approximate surface area is 222 Å². The molecule has 37 heavy (non-hydrogen) atoms. The van der Waals surface area contributed by atoms with E-state index in [1.165, 1.54) is 24.3 Å². The second-order valence-electron chi connectivity index (χ2n) is 10.9. The highest BCUT2D eigenvalue weighted by molar-refractivity contribution is 6.30. The molecule has 2 heterocycles. The molecular formula is C30H32ClNO5. The van der Waals surface area contributed by atoms with E-state index >= 15 is 0 Å². The van der Waals surface area contributed by atoms with Gasteiger partial charge in [-0.05, 0) is 79.5 Å². The Morgan fingerprint density at radius 1 is 1.22 bits per heavy atom. The lowest BCUT2D eigenvalue weighted by atomic mass is 9.68. The number of anilines is 1.